The molecule has 1 aliphatic rings. The molecule has 0 bridgehead atoms. The number of hydrogen-bond acceptors (Lipinski definition) is 5. The van der Waals surface area contributed by atoms with Crippen LogP contribution < -0.4 is 5.32 Å². The van der Waals surface area contributed by atoms with Crippen LogP contribution in [-0.4, -0.2) is 38.9 Å². The van der Waals surface area contributed by atoms with Crippen molar-refractivity contribution >= 4 is 29.1 Å². The number of benzene rings is 1. The third-order valence-corrected chi connectivity index (χ3v) is 5.85. The molecule has 0 saturated carbocycles. The van der Waals surface area contributed by atoms with Crippen molar-refractivity contribution in [3.05, 3.63) is 40.5 Å². The van der Waals surface area contributed by atoms with E-state index in [4.69, 9.17) is 16.1 Å². The van der Waals surface area contributed by atoms with Gasteiger partial charge in [-0.1, -0.05) is 37.5 Å². The van der Waals surface area contributed by atoms with Crippen molar-refractivity contribution in [2.24, 2.45) is 0 Å². The molecule has 1 fully saturated rings. The zero-order chi connectivity index (χ0) is 22.8. The van der Waals surface area contributed by atoms with Gasteiger partial charge in [-0.2, -0.15) is 4.98 Å². The lowest BCUT2D eigenvalue weighted by Gasteiger charge is -2.39. The number of rotatable bonds is 5. The summed E-state index contributed by atoms with van der Waals surface area (Å²) < 4.78 is 5.25. The molecule has 1 aromatic carbocycles. The number of carbonyl (C=O) groups is 2. The number of aryl methyl sites for hydroxylation is 1. The highest BCUT2D eigenvalue weighted by atomic mass is 35.5. The molecular formula is C23H31ClN4O3. The van der Waals surface area contributed by atoms with E-state index >= 15 is 0 Å². The van der Waals surface area contributed by atoms with Crippen LogP contribution in [0.1, 0.15) is 82.4 Å². The molecule has 7 nitrogen and oxygen atoms in total. The van der Waals surface area contributed by atoms with Crippen molar-refractivity contribution < 1.29 is 14.1 Å². The number of carbonyl (C=O) groups excluding carboxylic acids is 2. The summed E-state index contributed by atoms with van der Waals surface area (Å²) in [6.45, 7) is 10.1. The van der Waals surface area contributed by atoms with E-state index in [-0.39, 0.29) is 35.7 Å². The standard InChI is InChI=1S/C23H31ClN4O3/c1-14-7-6-8-15(2)28(14)21(30)17-13-16(24)9-10-18(17)25-19(29)11-12-20-26-22(27-31-20)23(3,4)5/h9-10,13-15H,6-8,11-12H2,1-5H3,(H,25,29). The molecule has 1 saturated heterocycles. The molecule has 2 aromatic rings. The number of nitrogens with zero attached hydrogens (tertiary/aromatic N) is 3. The highest BCUT2D eigenvalue weighted by Gasteiger charge is 2.31. The SMILES string of the molecule is CC1CCCC(C)N1C(=O)c1cc(Cl)ccc1NC(=O)CCc1nc(C(C)(C)C)no1. The second-order valence-corrected chi connectivity index (χ2v) is 9.78. The lowest BCUT2D eigenvalue weighted by molar-refractivity contribution is -0.116. The number of likely N-dealkylation sites (tertiary alicyclic amines) is 1. The van der Waals surface area contributed by atoms with Gasteiger partial charge in [0.15, 0.2) is 5.82 Å². The first-order valence-electron chi connectivity index (χ1n) is 10.8. The van der Waals surface area contributed by atoms with Crippen molar-refractivity contribution in [1.82, 2.24) is 15.0 Å². The first-order chi connectivity index (χ1) is 14.6. The molecule has 0 aliphatic carbocycles. The van der Waals surface area contributed by atoms with Gasteiger partial charge in [-0.15, -0.1) is 0 Å². The largest absolute Gasteiger partial charge is 0.339 e. The molecule has 31 heavy (non-hydrogen) atoms. The minimum Gasteiger partial charge on any atom is -0.339 e. The molecule has 168 valence electrons. The Kier molecular flexibility index (Phi) is 7.04. The number of hydrogen-bond donors (Lipinski definition) is 1. The molecule has 0 spiro atoms. The van der Waals surface area contributed by atoms with E-state index in [1.54, 1.807) is 18.2 Å². The average molecular weight is 447 g/mol. The fourth-order valence-electron chi connectivity index (χ4n) is 3.86. The number of aromatic nitrogens is 2. The molecule has 1 aromatic heterocycles. The Balaban J connectivity index is 1.71. The zero-order valence-electron chi connectivity index (χ0n) is 18.9. The highest BCUT2D eigenvalue weighted by Crippen LogP contribution is 2.29. The Labute approximate surface area is 188 Å². The van der Waals surface area contributed by atoms with Gasteiger partial charge in [0.05, 0.1) is 11.3 Å². The summed E-state index contributed by atoms with van der Waals surface area (Å²) in [5, 5.41) is 7.30. The van der Waals surface area contributed by atoms with E-state index in [0.29, 0.717) is 34.4 Å². The second kappa shape index (κ2) is 9.39. The van der Waals surface area contributed by atoms with E-state index in [0.717, 1.165) is 19.3 Å². The first kappa shape index (κ1) is 23.3. The lowest BCUT2D eigenvalue weighted by Crippen LogP contribution is -2.47. The van der Waals surface area contributed by atoms with Crippen molar-refractivity contribution in [3.63, 3.8) is 0 Å². The zero-order valence-corrected chi connectivity index (χ0v) is 19.6. The molecule has 8 heteroatoms. The van der Waals surface area contributed by atoms with Crippen LogP contribution in [0.5, 0.6) is 0 Å². The van der Waals surface area contributed by atoms with E-state index in [1.165, 1.54) is 0 Å². The lowest BCUT2D eigenvalue weighted by atomic mass is 9.96. The Morgan fingerprint density at radius 1 is 1.23 bits per heavy atom. The maximum absolute atomic E-state index is 13.3. The maximum Gasteiger partial charge on any atom is 0.256 e. The molecule has 0 radical (unpaired) electrons. The number of anilines is 1. The van der Waals surface area contributed by atoms with Gasteiger partial charge in [0, 0.05) is 35.4 Å². The smallest absolute Gasteiger partial charge is 0.256 e. The summed E-state index contributed by atoms with van der Waals surface area (Å²) in [6, 6.07) is 5.27. The van der Waals surface area contributed by atoms with Gasteiger partial charge >= 0.3 is 0 Å². The predicted octanol–water partition coefficient (Wildman–Crippen LogP) is 4.99. The fraction of sp³-hybridized carbons (Fsp3) is 0.565. The number of amides is 2. The van der Waals surface area contributed by atoms with Crippen molar-refractivity contribution in [2.45, 2.75) is 84.2 Å². The summed E-state index contributed by atoms with van der Waals surface area (Å²) in [7, 11) is 0. The molecule has 1 N–H and O–H groups in total. The highest BCUT2D eigenvalue weighted by molar-refractivity contribution is 6.31. The van der Waals surface area contributed by atoms with Gasteiger partial charge in [0.2, 0.25) is 11.8 Å². The Morgan fingerprint density at radius 3 is 2.52 bits per heavy atom. The van der Waals surface area contributed by atoms with Gasteiger partial charge < -0.3 is 14.7 Å². The summed E-state index contributed by atoms with van der Waals surface area (Å²) >= 11 is 6.18. The van der Waals surface area contributed by atoms with E-state index < -0.39 is 0 Å². The van der Waals surface area contributed by atoms with Crippen LogP contribution in [0, 0.1) is 0 Å². The summed E-state index contributed by atoms with van der Waals surface area (Å²) in [5.74, 6) is 0.692. The fourth-order valence-corrected chi connectivity index (χ4v) is 4.03. The van der Waals surface area contributed by atoms with Crippen molar-refractivity contribution in [3.8, 4) is 0 Å². The first-order valence-corrected chi connectivity index (χ1v) is 11.2. The molecule has 3 rings (SSSR count). The number of halogens is 1. The average Bonchev–Trinajstić information content (AvgIpc) is 3.17. The van der Waals surface area contributed by atoms with E-state index in [2.05, 4.69) is 29.3 Å². The number of piperidine rings is 1. The predicted molar refractivity (Wildman–Crippen MR) is 120 cm³/mol. The van der Waals surface area contributed by atoms with Gasteiger partial charge in [0.1, 0.15) is 0 Å². The van der Waals surface area contributed by atoms with Crippen LogP contribution >= 0.6 is 11.6 Å². The maximum atomic E-state index is 13.3. The third kappa shape index (κ3) is 5.64. The number of nitrogens with one attached hydrogen (secondary N) is 1. The monoisotopic (exact) mass is 446 g/mol. The Bertz CT molecular complexity index is 941. The van der Waals surface area contributed by atoms with Crippen LogP contribution in [-0.2, 0) is 16.6 Å². The van der Waals surface area contributed by atoms with Crippen LogP contribution in [0.3, 0.4) is 0 Å². The van der Waals surface area contributed by atoms with Gasteiger partial charge in [-0.3, -0.25) is 9.59 Å². The Morgan fingerprint density at radius 2 is 1.90 bits per heavy atom. The summed E-state index contributed by atoms with van der Waals surface area (Å²) in [4.78, 5) is 32.2. The van der Waals surface area contributed by atoms with Crippen molar-refractivity contribution in [2.75, 3.05) is 5.32 Å². The second-order valence-electron chi connectivity index (χ2n) is 9.34. The molecule has 2 unspecified atom stereocenters. The minimum atomic E-state index is -0.230. The molecular weight excluding hydrogens is 416 g/mol. The van der Waals surface area contributed by atoms with Gasteiger partial charge in [-0.25, -0.2) is 0 Å². The Hall–Kier alpha value is -2.41. The van der Waals surface area contributed by atoms with E-state index in [9.17, 15) is 9.59 Å². The van der Waals surface area contributed by atoms with Gasteiger partial charge in [0.25, 0.3) is 5.91 Å². The van der Waals surface area contributed by atoms with Crippen LogP contribution in [0.4, 0.5) is 5.69 Å². The quantitative estimate of drug-likeness (QED) is 0.698. The van der Waals surface area contributed by atoms with Crippen LogP contribution in [0.15, 0.2) is 22.7 Å². The summed E-state index contributed by atoms with van der Waals surface area (Å²) in [6.07, 6.45) is 3.54. The molecule has 1 aliphatic heterocycles. The van der Waals surface area contributed by atoms with E-state index in [1.807, 2.05) is 25.7 Å². The topological polar surface area (TPSA) is 88.3 Å². The molecule has 2 atom stereocenters. The molecule has 2 heterocycles. The minimum absolute atomic E-state index is 0.107. The normalized spacial score (nSPS) is 19.4. The third-order valence-electron chi connectivity index (χ3n) is 5.62. The van der Waals surface area contributed by atoms with Crippen LogP contribution in [0.2, 0.25) is 5.02 Å². The van der Waals surface area contributed by atoms with Crippen molar-refractivity contribution in [1.29, 1.82) is 0 Å². The molecule has 2 amide bonds. The van der Waals surface area contributed by atoms with Gasteiger partial charge in [-0.05, 0) is 51.3 Å². The summed E-state index contributed by atoms with van der Waals surface area (Å²) in [5.41, 5.74) is 0.658. The van der Waals surface area contributed by atoms with Crippen LogP contribution in [0.25, 0.3) is 0 Å².